The summed E-state index contributed by atoms with van der Waals surface area (Å²) in [5.41, 5.74) is 1.18. The largest absolute Gasteiger partial charge is 0.481 e. The Balaban J connectivity index is 1.43. The molecule has 1 amide bonds. The van der Waals surface area contributed by atoms with Gasteiger partial charge in [-0.2, -0.15) is 0 Å². The highest BCUT2D eigenvalue weighted by molar-refractivity contribution is 5.87. The van der Waals surface area contributed by atoms with Crippen molar-refractivity contribution < 1.29 is 14.7 Å². The first-order valence-corrected chi connectivity index (χ1v) is 8.65. The molecule has 2 fully saturated rings. The predicted molar refractivity (Wildman–Crippen MR) is 90.6 cm³/mol. The molecule has 1 aromatic carbocycles. The van der Waals surface area contributed by atoms with Gasteiger partial charge in [-0.15, -0.1) is 0 Å². The monoisotopic (exact) mass is 326 g/mol. The zero-order chi connectivity index (χ0) is 16.7. The van der Waals surface area contributed by atoms with Crippen LogP contribution in [0.5, 0.6) is 0 Å². The lowest BCUT2D eigenvalue weighted by molar-refractivity contribution is -0.151. The number of carbonyl (C=O) groups is 2. The molecule has 0 aromatic heterocycles. The number of allylic oxidation sites excluding steroid dienone is 2. The number of aliphatic carboxylic acids is 1. The van der Waals surface area contributed by atoms with Crippen molar-refractivity contribution >= 4 is 17.6 Å². The molecule has 4 atom stereocenters. The van der Waals surface area contributed by atoms with Crippen LogP contribution in [0.3, 0.4) is 0 Å². The third kappa shape index (κ3) is 2.48. The van der Waals surface area contributed by atoms with Gasteiger partial charge < -0.3 is 14.9 Å². The lowest BCUT2D eigenvalue weighted by Crippen LogP contribution is -2.52. The summed E-state index contributed by atoms with van der Waals surface area (Å²) in [6, 6.07) is 10.2. The third-order valence-corrected chi connectivity index (χ3v) is 5.74. The molecule has 1 heterocycles. The number of fused-ring (bicyclic) bond motifs is 2. The maximum atomic E-state index is 13.0. The van der Waals surface area contributed by atoms with Crippen LogP contribution in [0.1, 0.15) is 6.42 Å². The van der Waals surface area contributed by atoms with E-state index in [1.807, 2.05) is 35.3 Å². The van der Waals surface area contributed by atoms with Crippen molar-refractivity contribution in [3.05, 3.63) is 42.5 Å². The van der Waals surface area contributed by atoms with Gasteiger partial charge >= 0.3 is 5.97 Å². The predicted octanol–water partition coefficient (Wildman–Crippen LogP) is 1.86. The summed E-state index contributed by atoms with van der Waals surface area (Å²) in [5, 5.41) is 9.53. The van der Waals surface area contributed by atoms with E-state index >= 15 is 0 Å². The van der Waals surface area contributed by atoms with Crippen LogP contribution in [-0.4, -0.2) is 48.1 Å². The first-order valence-electron chi connectivity index (χ1n) is 8.65. The number of para-hydroxylation sites is 1. The van der Waals surface area contributed by atoms with Crippen molar-refractivity contribution in [3.8, 4) is 0 Å². The quantitative estimate of drug-likeness (QED) is 0.861. The standard InChI is InChI=1S/C19H22N2O3/c22-18(16-13-6-7-14(12-13)17(16)19(23)24)21-10-8-20(9-11-21)15-4-2-1-3-5-15/h1-7,13-14,16-17H,8-12H2,(H,23,24)/t13-,14-,16-,17+/m1/s1. The van der Waals surface area contributed by atoms with E-state index in [2.05, 4.69) is 17.0 Å². The summed E-state index contributed by atoms with van der Waals surface area (Å²) in [4.78, 5) is 28.7. The number of carbonyl (C=O) groups excluding carboxylic acids is 1. The van der Waals surface area contributed by atoms with Crippen molar-refractivity contribution in [2.75, 3.05) is 31.1 Å². The van der Waals surface area contributed by atoms with Gasteiger partial charge in [-0.3, -0.25) is 9.59 Å². The molecule has 2 bridgehead atoms. The molecule has 2 aliphatic carbocycles. The van der Waals surface area contributed by atoms with Crippen LogP contribution in [0, 0.1) is 23.7 Å². The van der Waals surface area contributed by atoms with Crippen LogP contribution < -0.4 is 4.90 Å². The van der Waals surface area contributed by atoms with Gasteiger partial charge in [-0.1, -0.05) is 30.4 Å². The average Bonchev–Trinajstić information content (AvgIpc) is 3.23. The molecule has 3 aliphatic rings. The molecule has 1 N–H and O–H groups in total. The average molecular weight is 326 g/mol. The van der Waals surface area contributed by atoms with Crippen LogP contribution in [0.15, 0.2) is 42.5 Å². The number of nitrogens with zero attached hydrogens (tertiary/aromatic N) is 2. The molecule has 0 radical (unpaired) electrons. The van der Waals surface area contributed by atoms with E-state index in [1.54, 1.807) is 0 Å². The number of piperazine rings is 1. The van der Waals surface area contributed by atoms with Crippen LogP contribution in [-0.2, 0) is 9.59 Å². The number of benzene rings is 1. The molecule has 1 saturated carbocycles. The highest BCUT2D eigenvalue weighted by Gasteiger charge is 2.52. The number of rotatable bonds is 3. The SMILES string of the molecule is O=C(O)[C@@H]1[C@H](C(=O)N2CCN(c3ccccc3)CC2)[C@@H]2C=C[C@@H]1C2. The van der Waals surface area contributed by atoms with E-state index in [0.29, 0.717) is 13.1 Å². The van der Waals surface area contributed by atoms with Gasteiger partial charge in [0.05, 0.1) is 11.8 Å². The highest BCUT2D eigenvalue weighted by atomic mass is 16.4. The molecule has 1 aliphatic heterocycles. The first-order chi connectivity index (χ1) is 11.6. The number of anilines is 1. The van der Waals surface area contributed by atoms with Gasteiger partial charge in [0.25, 0.3) is 0 Å². The second-order valence-corrected chi connectivity index (χ2v) is 6.99. The summed E-state index contributed by atoms with van der Waals surface area (Å²) >= 11 is 0. The molecule has 126 valence electrons. The number of hydrogen-bond donors (Lipinski definition) is 1. The van der Waals surface area contributed by atoms with Crippen LogP contribution in [0.25, 0.3) is 0 Å². The Labute approximate surface area is 141 Å². The molecule has 1 aromatic rings. The van der Waals surface area contributed by atoms with Gasteiger partial charge in [0.15, 0.2) is 0 Å². The Morgan fingerprint density at radius 2 is 1.54 bits per heavy atom. The minimum Gasteiger partial charge on any atom is -0.481 e. The summed E-state index contributed by atoms with van der Waals surface area (Å²) in [5.74, 6) is -1.57. The molecule has 1 saturated heterocycles. The molecular weight excluding hydrogens is 304 g/mol. The van der Waals surface area contributed by atoms with Gasteiger partial charge in [0, 0.05) is 31.9 Å². The fourth-order valence-corrected chi connectivity index (χ4v) is 4.53. The molecule has 5 heteroatoms. The van der Waals surface area contributed by atoms with Crippen molar-refractivity contribution in [3.63, 3.8) is 0 Å². The topological polar surface area (TPSA) is 60.9 Å². The van der Waals surface area contributed by atoms with Crippen molar-refractivity contribution in [2.24, 2.45) is 23.7 Å². The second-order valence-electron chi connectivity index (χ2n) is 6.99. The first kappa shape index (κ1) is 15.2. The van der Waals surface area contributed by atoms with E-state index < -0.39 is 11.9 Å². The van der Waals surface area contributed by atoms with E-state index in [0.717, 1.165) is 19.5 Å². The fourth-order valence-electron chi connectivity index (χ4n) is 4.53. The molecule has 4 rings (SSSR count). The maximum absolute atomic E-state index is 13.0. The molecule has 0 spiro atoms. The summed E-state index contributed by atoms with van der Waals surface area (Å²) < 4.78 is 0. The van der Waals surface area contributed by atoms with E-state index in [9.17, 15) is 14.7 Å². The van der Waals surface area contributed by atoms with Crippen LogP contribution in [0.2, 0.25) is 0 Å². The van der Waals surface area contributed by atoms with Crippen LogP contribution in [0.4, 0.5) is 5.69 Å². The van der Waals surface area contributed by atoms with Gasteiger partial charge in [0.1, 0.15) is 0 Å². The Morgan fingerprint density at radius 3 is 2.17 bits per heavy atom. The fraction of sp³-hybridized carbons (Fsp3) is 0.474. The van der Waals surface area contributed by atoms with E-state index in [4.69, 9.17) is 0 Å². The molecule has 0 unspecified atom stereocenters. The van der Waals surface area contributed by atoms with Crippen molar-refractivity contribution in [1.29, 1.82) is 0 Å². The number of carboxylic acid groups (broad SMARTS) is 1. The lowest BCUT2D eigenvalue weighted by Gasteiger charge is -2.38. The smallest absolute Gasteiger partial charge is 0.307 e. The number of amides is 1. The second kappa shape index (κ2) is 5.96. The molecule has 24 heavy (non-hydrogen) atoms. The lowest BCUT2D eigenvalue weighted by atomic mass is 9.82. The minimum absolute atomic E-state index is 0.0342. The highest BCUT2D eigenvalue weighted by Crippen LogP contribution is 2.48. The Morgan fingerprint density at radius 1 is 0.917 bits per heavy atom. The van der Waals surface area contributed by atoms with Crippen molar-refractivity contribution in [1.82, 2.24) is 4.90 Å². The Kier molecular flexibility index (Phi) is 3.79. The van der Waals surface area contributed by atoms with E-state index in [1.165, 1.54) is 5.69 Å². The number of carboxylic acids is 1. The molecular formula is C19H22N2O3. The zero-order valence-corrected chi connectivity index (χ0v) is 13.5. The Bertz CT molecular complexity index is 664. The normalized spacial score (nSPS) is 31.5. The van der Waals surface area contributed by atoms with Gasteiger partial charge in [-0.05, 0) is 30.4 Å². The Hall–Kier alpha value is -2.30. The van der Waals surface area contributed by atoms with Crippen LogP contribution >= 0.6 is 0 Å². The molecule has 5 nitrogen and oxygen atoms in total. The number of hydrogen-bond acceptors (Lipinski definition) is 3. The minimum atomic E-state index is -0.826. The summed E-state index contributed by atoms with van der Waals surface area (Å²) in [7, 11) is 0. The summed E-state index contributed by atoms with van der Waals surface area (Å²) in [6.45, 7) is 2.92. The van der Waals surface area contributed by atoms with Gasteiger partial charge in [0.2, 0.25) is 5.91 Å². The van der Waals surface area contributed by atoms with Gasteiger partial charge in [-0.25, -0.2) is 0 Å². The van der Waals surface area contributed by atoms with E-state index in [-0.39, 0.29) is 23.7 Å². The maximum Gasteiger partial charge on any atom is 0.307 e. The van der Waals surface area contributed by atoms with Crippen molar-refractivity contribution in [2.45, 2.75) is 6.42 Å². The third-order valence-electron chi connectivity index (χ3n) is 5.74. The zero-order valence-electron chi connectivity index (χ0n) is 13.5. The summed E-state index contributed by atoms with van der Waals surface area (Å²) in [6.07, 6.45) is 4.85.